The number of carbonyl (C=O) groups excluding carboxylic acids is 2. The highest BCUT2D eigenvalue weighted by atomic mass is 16.2. The van der Waals surface area contributed by atoms with Crippen molar-refractivity contribution in [1.29, 1.82) is 0 Å². The molecule has 0 spiro atoms. The SMILES string of the molecule is CCC(CN)NC(=O)c1ccc2c(c1)CCC(=O)N2. The largest absolute Gasteiger partial charge is 0.348 e. The lowest BCUT2D eigenvalue weighted by molar-refractivity contribution is -0.116. The van der Waals surface area contributed by atoms with Crippen LogP contribution in [-0.2, 0) is 11.2 Å². The summed E-state index contributed by atoms with van der Waals surface area (Å²) in [5.41, 5.74) is 8.00. The molecule has 1 aliphatic rings. The van der Waals surface area contributed by atoms with E-state index in [0.717, 1.165) is 17.7 Å². The van der Waals surface area contributed by atoms with Crippen molar-refractivity contribution in [2.75, 3.05) is 11.9 Å². The van der Waals surface area contributed by atoms with Crippen LogP contribution in [0.25, 0.3) is 0 Å². The molecule has 5 heteroatoms. The number of benzene rings is 1. The van der Waals surface area contributed by atoms with Gasteiger partial charge in [0.05, 0.1) is 0 Å². The van der Waals surface area contributed by atoms with Crippen molar-refractivity contribution in [2.45, 2.75) is 32.2 Å². The van der Waals surface area contributed by atoms with Crippen LogP contribution in [0.3, 0.4) is 0 Å². The van der Waals surface area contributed by atoms with Gasteiger partial charge in [0, 0.05) is 30.3 Å². The number of rotatable bonds is 4. The second-order valence-electron chi connectivity index (χ2n) is 4.73. The van der Waals surface area contributed by atoms with Gasteiger partial charge in [0.1, 0.15) is 0 Å². The molecule has 1 aromatic rings. The molecule has 1 atom stereocenters. The van der Waals surface area contributed by atoms with Crippen LogP contribution < -0.4 is 16.4 Å². The van der Waals surface area contributed by atoms with E-state index < -0.39 is 0 Å². The van der Waals surface area contributed by atoms with Crippen LogP contribution in [-0.4, -0.2) is 24.4 Å². The predicted octanol–water partition coefficient (Wildman–Crippen LogP) is 1.04. The summed E-state index contributed by atoms with van der Waals surface area (Å²) in [5.74, 6) is -0.0871. The highest BCUT2D eigenvalue weighted by molar-refractivity contribution is 5.98. The standard InChI is InChI=1S/C14H19N3O2/c1-2-11(8-15)16-14(19)10-3-5-12-9(7-10)4-6-13(18)17-12/h3,5,7,11H,2,4,6,8,15H2,1H3,(H,16,19)(H,17,18). The number of aryl methyl sites for hydroxylation is 1. The molecule has 0 radical (unpaired) electrons. The Morgan fingerprint density at radius 2 is 2.26 bits per heavy atom. The van der Waals surface area contributed by atoms with Crippen molar-refractivity contribution in [3.05, 3.63) is 29.3 Å². The van der Waals surface area contributed by atoms with Gasteiger partial charge in [-0.05, 0) is 36.6 Å². The molecule has 0 fully saturated rings. The zero-order chi connectivity index (χ0) is 13.8. The lowest BCUT2D eigenvalue weighted by Gasteiger charge is -2.18. The molecule has 1 heterocycles. The number of anilines is 1. The van der Waals surface area contributed by atoms with E-state index in [1.165, 1.54) is 0 Å². The highest BCUT2D eigenvalue weighted by Gasteiger charge is 2.17. The summed E-state index contributed by atoms with van der Waals surface area (Å²) in [4.78, 5) is 23.3. The summed E-state index contributed by atoms with van der Waals surface area (Å²) in [6.07, 6.45) is 1.96. The summed E-state index contributed by atoms with van der Waals surface area (Å²) in [6, 6.07) is 5.35. The van der Waals surface area contributed by atoms with E-state index in [0.29, 0.717) is 24.9 Å². The number of carbonyl (C=O) groups is 2. The number of amides is 2. The molecule has 1 aliphatic heterocycles. The Bertz CT molecular complexity index is 495. The van der Waals surface area contributed by atoms with Gasteiger partial charge in [-0.1, -0.05) is 6.92 Å². The Balaban J connectivity index is 2.13. The van der Waals surface area contributed by atoms with E-state index in [-0.39, 0.29) is 17.9 Å². The molecule has 1 aromatic carbocycles. The van der Waals surface area contributed by atoms with Gasteiger partial charge in [0.2, 0.25) is 5.91 Å². The number of nitrogens with two attached hydrogens (primary N) is 1. The minimum absolute atomic E-state index is 0.00300. The highest BCUT2D eigenvalue weighted by Crippen LogP contribution is 2.23. The van der Waals surface area contributed by atoms with Crippen molar-refractivity contribution in [1.82, 2.24) is 5.32 Å². The van der Waals surface area contributed by atoms with E-state index in [4.69, 9.17) is 5.73 Å². The first-order valence-electron chi connectivity index (χ1n) is 6.57. The molecule has 0 aromatic heterocycles. The number of nitrogens with one attached hydrogen (secondary N) is 2. The average molecular weight is 261 g/mol. The lowest BCUT2D eigenvalue weighted by atomic mass is 10.00. The Labute approximate surface area is 112 Å². The maximum atomic E-state index is 12.1. The molecule has 0 saturated carbocycles. The van der Waals surface area contributed by atoms with Crippen molar-refractivity contribution >= 4 is 17.5 Å². The van der Waals surface area contributed by atoms with Gasteiger partial charge in [0.25, 0.3) is 5.91 Å². The van der Waals surface area contributed by atoms with Crippen molar-refractivity contribution in [3.63, 3.8) is 0 Å². The van der Waals surface area contributed by atoms with E-state index in [1.807, 2.05) is 13.0 Å². The quantitative estimate of drug-likeness (QED) is 0.757. The van der Waals surface area contributed by atoms with Gasteiger partial charge in [-0.15, -0.1) is 0 Å². The Kier molecular flexibility index (Phi) is 4.16. The summed E-state index contributed by atoms with van der Waals surface area (Å²) >= 11 is 0. The van der Waals surface area contributed by atoms with Crippen LogP contribution in [0.4, 0.5) is 5.69 Å². The molecular formula is C14H19N3O2. The Hall–Kier alpha value is -1.88. The molecule has 5 nitrogen and oxygen atoms in total. The van der Waals surface area contributed by atoms with E-state index in [9.17, 15) is 9.59 Å². The van der Waals surface area contributed by atoms with Crippen LogP contribution in [0, 0.1) is 0 Å². The molecule has 0 bridgehead atoms. The first kappa shape index (κ1) is 13.5. The number of hydrogen-bond donors (Lipinski definition) is 3. The molecule has 102 valence electrons. The fraction of sp³-hybridized carbons (Fsp3) is 0.429. The topological polar surface area (TPSA) is 84.2 Å². The monoisotopic (exact) mass is 261 g/mol. The molecule has 0 saturated heterocycles. The molecule has 2 rings (SSSR count). The second-order valence-corrected chi connectivity index (χ2v) is 4.73. The smallest absolute Gasteiger partial charge is 0.251 e. The zero-order valence-electron chi connectivity index (χ0n) is 11.0. The summed E-state index contributed by atoms with van der Waals surface area (Å²) < 4.78 is 0. The molecule has 2 amide bonds. The van der Waals surface area contributed by atoms with E-state index in [1.54, 1.807) is 12.1 Å². The van der Waals surface area contributed by atoms with Gasteiger partial charge in [-0.3, -0.25) is 9.59 Å². The van der Waals surface area contributed by atoms with Crippen LogP contribution >= 0.6 is 0 Å². The minimum atomic E-state index is -0.114. The molecule has 4 N–H and O–H groups in total. The maximum absolute atomic E-state index is 12.1. The number of hydrogen-bond acceptors (Lipinski definition) is 3. The van der Waals surface area contributed by atoms with Crippen molar-refractivity contribution in [3.8, 4) is 0 Å². The van der Waals surface area contributed by atoms with Crippen molar-refractivity contribution in [2.24, 2.45) is 5.73 Å². The van der Waals surface area contributed by atoms with Crippen LogP contribution in [0.15, 0.2) is 18.2 Å². The molecular weight excluding hydrogens is 242 g/mol. The zero-order valence-corrected chi connectivity index (χ0v) is 11.0. The second kappa shape index (κ2) is 5.84. The third-order valence-corrected chi connectivity index (χ3v) is 3.38. The Morgan fingerprint density at radius 3 is 2.95 bits per heavy atom. The molecule has 1 unspecified atom stereocenters. The summed E-state index contributed by atoms with van der Waals surface area (Å²) in [5, 5.41) is 5.70. The normalized spacial score (nSPS) is 15.4. The lowest BCUT2D eigenvalue weighted by Crippen LogP contribution is -2.39. The maximum Gasteiger partial charge on any atom is 0.251 e. The van der Waals surface area contributed by atoms with Gasteiger partial charge < -0.3 is 16.4 Å². The van der Waals surface area contributed by atoms with E-state index in [2.05, 4.69) is 10.6 Å². The minimum Gasteiger partial charge on any atom is -0.348 e. The summed E-state index contributed by atoms with van der Waals surface area (Å²) in [7, 11) is 0. The van der Waals surface area contributed by atoms with Crippen LogP contribution in [0.2, 0.25) is 0 Å². The number of fused-ring (bicyclic) bond motifs is 1. The van der Waals surface area contributed by atoms with Gasteiger partial charge >= 0.3 is 0 Å². The molecule has 0 aliphatic carbocycles. The Morgan fingerprint density at radius 1 is 1.47 bits per heavy atom. The third-order valence-electron chi connectivity index (χ3n) is 3.38. The van der Waals surface area contributed by atoms with Gasteiger partial charge in [-0.2, -0.15) is 0 Å². The fourth-order valence-electron chi connectivity index (χ4n) is 2.12. The average Bonchev–Trinajstić information content (AvgIpc) is 2.43. The van der Waals surface area contributed by atoms with Crippen LogP contribution in [0.5, 0.6) is 0 Å². The third kappa shape index (κ3) is 3.12. The summed E-state index contributed by atoms with van der Waals surface area (Å²) in [6.45, 7) is 2.42. The van der Waals surface area contributed by atoms with Crippen LogP contribution in [0.1, 0.15) is 35.7 Å². The first-order valence-corrected chi connectivity index (χ1v) is 6.57. The predicted molar refractivity (Wildman–Crippen MR) is 74.0 cm³/mol. The van der Waals surface area contributed by atoms with Gasteiger partial charge in [0.15, 0.2) is 0 Å². The fourth-order valence-corrected chi connectivity index (χ4v) is 2.12. The van der Waals surface area contributed by atoms with Crippen molar-refractivity contribution < 1.29 is 9.59 Å². The first-order chi connectivity index (χ1) is 9.13. The van der Waals surface area contributed by atoms with E-state index >= 15 is 0 Å². The van der Waals surface area contributed by atoms with Gasteiger partial charge in [-0.25, -0.2) is 0 Å². The molecule has 19 heavy (non-hydrogen) atoms.